The van der Waals surface area contributed by atoms with Crippen molar-refractivity contribution >= 4 is 21.9 Å². The molecule has 25 heavy (non-hydrogen) atoms. The van der Waals surface area contributed by atoms with Crippen molar-refractivity contribution in [1.82, 2.24) is 9.62 Å². The van der Waals surface area contributed by atoms with E-state index in [1.807, 2.05) is 0 Å². The Morgan fingerprint density at radius 3 is 2.28 bits per heavy atom. The van der Waals surface area contributed by atoms with Crippen LogP contribution in [0.2, 0.25) is 0 Å². The molecule has 0 heterocycles. The van der Waals surface area contributed by atoms with Crippen LogP contribution in [0.15, 0.2) is 29.2 Å². The summed E-state index contributed by atoms with van der Waals surface area (Å²) in [6.07, 6.45) is 5.32. The third-order valence-electron chi connectivity index (χ3n) is 4.17. The molecule has 0 radical (unpaired) electrons. The Bertz CT molecular complexity index is 707. The molecule has 1 aliphatic carbocycles. The van der Waals surface area contributed by atoms with Gasteiger partial charge in [-0.25, -0.2) is 17.5 Å². The molecule has 0 unspecified atom stereocenters. The summed E-state index contributed by atoms with van der Waals surface area (Å²) in [5, 5.41) is 2.87. The fourth-order valence-corrected chi connectivity index (χ4v) is 3.61. The number of nitrogens with one attached hydrogen (secondary N) is 1. The smallest absolute Gasteiger partial charge is 0.338 e. The summed E-state index contributed by atoms with van der Waals surface area (Å²) >= 11 is 0. The third kappa shape index (κ3) is 5.27. The van der Waals surface area contributed by atoms with Gasteiger partial charge < -0.3 is 10.1 Å². The van der Waals surface area contributed by atoms with E-state index in [1.54, 1.807) is 0 Å². The van der Waals surface area contributed by atoms with Crippen LogP contribution in [0.3, 0.4) is 0 Å². The van der Waals surface area contributed by atoms with E-state index in [2.05, 4.69) is 5.32 Å². The first-order valence-electron chi connectivity index (χ1n) is 8.30. The van der Waals surface area contributed by atoms with Gasteiger partial charge in [0.25, 0.3) is 5.91 Å². The minimum absolute atomic E-state index is 0.0871. The second kappa shape index (κ2) is 8.44. The van der Waals surface area contributed by atoms with E-state index in [-0.39, 0.29) is 29.0 Å². The van der Waals surface area contributed by atoms with Crippen LogP contribution in [0.5, 0.6) is 0 Å². The largest absolute Gasteiger partial charge is 0.452 e. The molecule has 2 rings (SSSR count). The molecule has 1 aromatic rings. The lowest BCUT2D eigenvalue weighted by Crippen LogP contribution is -2.38. The molecule has 1 N–H and O–H groups in total. The lowest BCUT2D eigenvalue weighted by Gasteiger charge is -2.22. The number of hydrogen-bond donors (Lipinski definition) is 1. The number of rotatable bonds is 6. The average Bonchev–Trinajstić information content (AvgIpc) is 2.60. The number of nitrogens with zero attached hydrogens (tertiary/aromatic N) is 1. The Labute approximate surface area is 148 Å². The van der Waals surface area contributed by atoms with Crippen molar-refractivity contribution in [3.05, 3.63) is 29.8 Å². The van der Waals surface area contributed by atoms with E-state index >= 15 is 0 Å². The van der Waals surface area contributed by atoms with Gasteiger partial charge in [0.1, 0.15) is 0 Å². The molecular weight excluding hydrogens is 344 g/mol. The van der Waals surface area contributed by atoms with Crippen LogP contribution in [0.1, 0.15) is 42.5 Å². The van der Waals surface area contributed by atoms with E-state index in [4.69, 9.17) is 4.74 Å². The van der Waals surface area contributed by atoms with Gasteiger partial charge in [-0.15, -0.1) is 0 Å². The zero-order valence-corrected chi connectivity index (χ0v) is 15.3. The van der Waals surface area contributed by atoms with Gasteiger partial charge in [0, 0.05) is 20.1 Å². The van der Waals surface area contributed by atoms with Crippen molar-refractivity contribution in [1.29, 1.82) is 0 Å². The quantitative estimate of drug-likeness (QED) is 0.769. The van der Waals surface area contributed by atoms with Crippen LogP contribution in [0.25, 0.3) is 0 Å². The van der Waals surface area contributed by atoms with Crippen LogP contribution in [0, 0.1) is 0 Å². The molecule has 1 aliphatic rings. The lowest BCUT2D eigenvalue weighted by molar-refractivity contribution is -0.125. The minimum atomic E-state index is -3.54. The highest BCUT2D eigenvalue weighted by molar-refractivity contribution is 7.89. The number of amides is 1. The highest BCUT2D eigenvalue weighted by atomic mass is 32.2. The van der Waals surface area contributed by atoms with Gasteiger partial charge in [-0.3, -0.25) is 4.79 Å². The molecule has 1 fully saturated rings. The Kier molecular flexibility index (Phi) is 6.55. The summed E-state index contributed by atoms with van der Waals surface area (Å²) in [6.45, 7) is -0.340. The summed E-state index contributed by atoms with van der Waals surface area (Å²) in [5.74, 6) is -0.973. The van der Waals surface area contributed by atoms with Crippen LogP contribution in [-0.2, 0) is 19.6 Å². The van der Waals surface area contributed by atoms with E-state index in [9.17, 15) is 18.0 Å². The second-order valence-corrected chi connectivity index (χ2v) is 8.44. The molecule has 0 saturated heterocycles. The highest BCUT2D eigenvalue weighted by Gasteiger charge is 2.19. The molecule has 0 atom stereocenters. The Morgan fingerprint density at radius 1 is 1.12 bits per heavy atom. The number of sulfonamides is 1. The van der Waals surface area contributed by atoms with Gasteiger partial charge in [0.15, 0.2) is 6.61 Å². The normalized spacial score (nSPS) is 15.8. The van der Waals surface area contributed by atoms with E-state index in [0.29, 0.717) is 0 Å². The molecule has 0 aromatic heterocycles. The fourth-order valence-electron chi connectivity index (χ4n) is 2.70. The lowest BCUT2D eigenvalue weighted by atomic mass is 9.95. The number of benzene rings is 1. The molecular formula is C17H24N2O5S. The summed E-state index contributed by atoms with van der Waals surface area (Å²) in [4.78, 5) is 23.9. The van der Waals surface area contributed by atoms with Crippen LogP contribution in [0.4, 0.5) is 0 Å². The summed E-state index contributed by atoms with van der Waals surface area (Å²) in [7, 11) is -0.678. The monoisotopic (exact) mass is 368 g/mol. The second-order valence-electron chi connectivity index (χ2n) is 6.29. The van der Waals surface area contributed by atoms with Gasteiger partial charge in [-0.2, -0.15) is 0 Å². The number of carbonyl (C=O) groups is 2. The van der Waals surface area contributed by atoms with Crippen molar-refractivity contribution in [3.63, 3.8) is 0 Å². The van der Waals surface area contributed by atoms with Crippen LogP contribution < -0.4 is 5.32 Å². The Balaban J connectivity index is 1.87. The molecule has 0 aliphatic heterocycles. The number of hydrogen-bond acceptors (Lipinski definition) is 5. The molecule has 1 amide bonds. The maximum Gasteiger partial charge on any atom is 0.338 e. The molecule has 8 heteroatoms. The highest BCUT2D eigenvalue weighted by Crippen LogP contribution is 2.17. The van der Waals surface area contributed by atoms with Gasteiger partial charge in [0.2, 0.25) is 10.0 Å². The SMILES string of the molecule is CN(C)S(=O)(=O)c1ccc(C(=O)OCC(=O)NC2CCCCC2)cc1. The zero-order chi connectivity index (χ0) is 18.4. The molecule has 0 bridgehead atoms. The predicted octanol–water partition coefficient (Wildman–Crippen LogP) is 1.54. The van der Waals surface area contributed by atoms with Gasteiger partial charge in [-0.1, -0.05) is 19.3 Å². The van der Waals surface area contributed by atoms with Crippen molar-refractivity contribution in [2.24, 2.45) is 0 Å². The van der Waals surface area contributed by atoms with Crippen LogP contribution >= 0.6 is 0 Å². The van der Waals surface area contributed by atoms with E-state index in [1.165, 1.54) is 44.8 Å². The van der Waals surface area contributed by atoms with Crippen LogP contribution in [-0.4, -0.2) is 51.3 Å². The van der Waals surface area contributed by atoms with Gasteiger partial charge >= 0.3 is 5.97 Å². The van der Waals surface area contributed by atoms with Gasteiger partial charge in [-0.05, 0) is 37.1 Å². The summed E-state index contributed by atoms with van der Waals surface area (Å²) in [6, 6.07) is 5.59. The van der Waals surface area contributed by atoms with E-state index in [0.717, 1.165) is 30.0 Å². The average molecular weight is 368 g/mol. The molecule has 1 saturated carbocycles. The minimum Gasteiger partial charge on any atom is -0.452 e. The van der Waals surface area contributed by atoms with Crippen molar-refractivity contribution in [2.45, 2.75) is 43.0 Å². The molecule has 138 valence electrons. The number of ether oxygens (including phenoxy) is 1. The maximum absolute atomic E-state index is 12.0. The van der Waals surface area contributed by atoms with Crippen molar-refractivity contribution in [3.8, 4) is 0 Å². The standard InChI is InChI=1S/C17H24N2O5S/c1-19(2)25(22,23)15-10-8-13(9-11-15)17(21)24-12-16(20)18-14-6-4-3-5-7-14/h8-11,14H,3-7,12H2,1-2H3,(H,18,20). The third-order valence-corrected chi connectivity index (χ3v) is 6.00. The fraction of sp³-hybridized carbons (Fsp3) is 0.529. The van der Waals surface area contributed by atoms with Crippen molar-refractivity contribution in [2.75, 3.05) is 20.7 Å². The number of carbonyl (C=O) groups excluding carboxylic acids is 2. The Hall–Kier alpha value is -1.93. The molecule has 1 aromatic carbocycles. The Morgan fingerprint density at radius 2 is 1.72 bits per heavy atom. The molecule has 7 nitrogen and oxygen atoms in total. The first-order valence-corrected chi connectivity index (χ1v) is 9.74. The van der Waals surface area contributed by atoms with E-state index < -0.39 is 16.0 Å². The summed E-state index contributed by atoms with van der Waals surface area (Å²) in [5.41, 5.74) is 0.197. The topological polar surface area (TPSA) is 92.8 Å². The molecule has 0 spiro atoms. The summed E-state index contributed by atoms with van der Waals surface area (Å²) < 4.78 is 30.0. The number of esters is 1. The first kappa shape index (κ1) is 19.4. The maximum atomic E-state index is 12.0. The first-order chi connectivity index (χ1) is 11.8. The zero-order valence-electron chi connectivity index (χ0n) is 14.5. The predicted molar refractivity (Wildman–Crippen MR) is 92.6 cm³/mol. The van der Waals surface area contributed by atoms with Crippen molar-refractivity contribution < 1.29 is 22.7 Å². The van der Waals surface area contributed by atoms with Gasteiger partial charge in [0.05, 0.1) is 10.5 Å².